The first kappa shape index (κ1) is 17.9. The van der Waals surface area contributed by atoms with Crippen molar-refractivity contribution in [3.05, 3.63) is 76.9 Å². The molecule has 0 unspecified atom stereocenters. The Morgan fingerprint density at radius 1 is 1.15 bits per heavy atom. The fourth-order valence-corrected chi connectivity index (χ4v) is 2.87. The number of nitrogens with one attached hydrogen (secondary N) is 1. The second kappa shape index (κ2) is 7.97. The van der Waals surface area contributed by atoms with Crippen molar-refractivity contribution < 1.29 is 14.3 Å². The van der Waals surface area contributed by atoms with Gasteiger partial charge in [0.1, 0.15) is 6.04 Å². The molecule has 0 spiro atoms. The molecule has 6 heteroatoms. The summed E-state index contributed by atoms with van der Waals surface area (Å²) in [7, 11) is 1.28. The lowest BCUT2D eigenvalue weighted by molar-refractivity contribution is -0.142. The van der Waals surface area contributed by atoms with Crippen LogP contribution in [0.5, 0.6) is 0 Å². The van der Waals surface area contributed by atoms with Crippen molar-refractivity contribution in [1.82, 2.24) is 10.3 Å². The summed E-state index contributed by atoms with van der Waals surface area (Å²) < 4.78 is 4.82. The Morgan fingerprint density at radius 2 is 1.88 bits per heavy atom. The maximum Gasteiger partial charge on any atom is 0.328 e. The number of fused-ring (bicyclic) bond motifs is 1. The molecule has 1 amide bonds. The van der Waals surface area contributed by atoms with Gasteiger partial charge in [-0.05, 0) is 23.8 Å². The van der Waals surface area contributed by atoms with Crippen LogP contribution in [0.2, 0.25) is 5.02 Å². The minimum absolute atomic E-state index is 0.235. The molecule has 0 aliphatic carbocycles. The van der Waals surface area contributed by atoms with E-state index >= 15 is 0 Å². The number of para-hydroxylation sites is 1. The van der Waals surface area contributed by atoms with Gasteiger partial charge in [-0.1, -0.05) is 48.0 Å². The number of hydrogen-bond donors (Lipinski definition) is 1. The van der Waals surface area contributed by atoms with Gasteiger partial charge in [-0.25, -0.2) is 4.79 Å². The quantitative estimate of drug-likeness (QED) is 0.701. The van der Waals surface area contributed by atoms with Crippen LogP contribution in [0.3, 0.4) is 0 Å². The van der Waals surface area contributed by atoms with E-state index in [1.807, 2.05) is 36.4 Å². The van der Waals surface area contributed by atoms with Crippen LogP contribution in [0.1, 0.15) is 15.9 Å². The van der Waals surface area contributed by atoms with E-state index in [2.05, 4.69) is 10.3 Å². The average Bonchev–Trinajstić information content (AvgIpc) is 2.68. The minimum atomic E-state index is -0.848. The molecule has 0 saturated heterocycles. The van der Waals surface area contributed by atoms with Gasteiger partial charge in [0.05, 0.1) is 18.2 Å². The molecule has 132 valence electrons. The molecule has 0 aliphatic heterocycles. The van der Waals surface area contributed by atoms with Gasteiger partial charge in [-0.2, -0.15) is 0 Å². The molecule has 1 heterocycles. The van der Waals surface area contributed by atoms with E-state index in [0.717, 1.165) is 16.5 Å². The van der Waals surface area contributed by atoms with Gasteiger partial charge in [-0.3, -0.25) is 9.78 Å². The maximum atomic E-state index is 12.6. The van der Waals surface area contributed by atoms with E-state index in [1.54, 1.807) is 18.2 Å². The molecule has 1 atom stereocenters. The number of hydrogen-bond acceptors (Lipinski definition) is 4. The van der Waals surface area contributed by atoms with Crippen LogP contribution in [0, 0.1) is 0 Å². The van der Waals surface area contributed by atoms with Crippen molar-refractivity contribution in [2.24, 2.45) is 0 Å². The monoisotopic (exact) mass is 368 g/mol. The third-order valence-corrected chi connectivity index (χ3v) is 4.39. The smallest absolute Gasteiger partial charge is 0.328 e. The molecule has 5 nitrogen and oxygen atoms in total. The first-order chi connectivity index (χ1) is 12.6. The zero-order valence-corrected chi connectivity index (χ0v) is 14.9. The number of esters is 1. The summed E-state index contributed by atoms with van der Waals surface area (Å²) in [5.74, 6) is -0.933. The van der Waals surface area contributed by atoms with Crippen molar-refractivity contribution in [3.63, 3.8) is 0 Å². The highest BCUT2D eigenvalue weighted by Crippen LogP contribution is 2.18. The van der Waals surface area contributed by atoms with Gasteiger partial charge < -0.3 is 10.1 Å². The van der Waals surface area contributed by atoms with Gasteiger partial charge in [-0.15, -0.1) is 0 Å². The van der Waals surface area contributed by atoms with Gasteiger partial charge in [0.15, 0.2) is 0 Å². The molecule has 0 fully saturated rings. The number of ether oxygens (including phenoxy) is 1. The highest BCUT2D eigenvalue weighted by Gasteiger charge is 2.23. The molecule has 2 aromatic carbocycles. The number of methoxy groups -OCH3 is 1. The molecule has 0 bridgehead atoms. The molecular formula is C20H17ClN2O3. The van der Waals surface area contributed by atoms with Crippen molar-refractivity contribution in [2.45, 2.75) is 12.5 Å². The molecule has 0 aliphatic rings. The fraction of sp³-hybridized carbons (Fsp3) is 0.150. The summed E-state index contributed by atoms with van der Waals surface area (Å²) >= 11 is 6.16. The van der Waals surface area contributed by atoms with E-state index in [1.165, 1.54) is 13.3 Å². The van der Waals surface area contributed by atoms with E-state index in [4.69, 9.17) is 16.3 Å². The zero-order chi connectivity index (χ0) is 18.5. The first-order valence-electron chi connectivity index (χ1n) is 8.05. The third kappa shape index (κ3) is 4.00. The number of halogens is 1. The fourth-order valence-electron chi connectivity index (χ4n) is 2.66. The standard InChI is InChI=1S/C20H17ClN2O3/c1-26-20(25)18(11-13-6-2-4-8-16(13)21)23-19(24)15-10-14-7-3-5-9-17(14)22-12-15/h2-10,12,18H,11H2,1H3,(H,23,24)/t18-/m0/s1. The van der Waals surface area contributed by atoms with Crippen LogP contribution < -0.4 is 5.32 Å². The molecule has 3 rings (SSSR count). The first-order valence-corrected chi connectivity index (χ1v) is 8.43. The zero-order valence-electron chi connectivity index (χ0n) is 14.1. The molecule has 0 saturated carbocycles. The second-order valence-electron chi connectivity index (χ2n) is 5.76. The van der Waals surface area contributed by atoms with Crippen molar-refractivity contribution in [2.75, 3.05) is 7.11 Å². The van der Waals surface area contributed by atoms with Crippen molar-refractivity contribution in [1.29, 1.82) is 0 Å². The summed E-state index contributed by atoms with van der Waals surface area (Å²) in [5.41, 5.74) is 1.92. The van der Waals surface area contributed by atoms with E-state index < -0.39 is 17.9 Å². The Labute approximate surface area is 156 Å². The third-order valence-electron chi connectivity index (χ3n) is 4.03. The van der Waals surface area contributed by atoms with E-state index in [-0.39, 0.29) is 6.42 Å². The lowest BCUT2D eigenvalue weighted by Crippen LogP contribution is -2.43. The average molecular weight is 369 g/mol. The van der Waals surface area contributed by atoms with Gasteiger partial charge in [0.2, 0.25) is 0 Å². The van der Waals surface area contributed by atoms with Crippen LogP contribution in [-0.4, -0.2) is 30.0 Å². The largest absolute Gasteiger partial charge is 0.467 e. The SMILES string of the molecule is COC(=O)[C@H](Cc1ccccc1Cl)NC(=O)c1cnc2ccccc2c1. The van der Waals surface area contributed by atoms with E-state index in [9.17, 15) is 9.59 Å². The summed E-state index contributed by atoms with van der Waals surface area (Å²) in [6, 6.07) is 15.6. The summed E-state index contributed by atoms with van der Waals surface area (Å²) in [6.45, 7) is 0. The topological polar surface area (TPSA) is 68.3 Å². The number of carbonyl (C=O) groups is 2. The van der Waals surface area contributed by atoms with Crippen LogP contribution in [0.15, 0.2) is 60.8 Å². The molecule has 0 radical (unpaired) electrons. The molecule has 26 heavy (non-hydrogen) atoms. The summed E-state index contributed by atoms with van der Waals surface area (Å²) in [5, 5.41) is 4.09. The lowest BCUT2D eigenvalue weighted by atomic mass is 10.1. The molecule has 1 N–H and O–H groups in total. The van der Waals surface area contributed by atoms with Crippen LogP contribution >= 0.6 is 11.6 Å². The van der Waals surface area contributed by atoms with Crippen molar-refractivity contribution in [3.8, 4) is 0 Å². The van der Waals surface area contributed by atoms with Crippen molar-refractivity contribution >= 4 is 34.4 Å². The molecule has 1 aromatic heterocycles. The van der Waals surface area contributed by atoms with E-state index in [0.29, 0.717) is 10.6 Å². The Bertz CT molecular complexity index is 958. The van der Waals surface area contributed by atoms with Crippen LogP contribution in [0.25, 0.3) is 10.9 Å². The Kier molecular flexibility index (Phi) is 5.49. The van der Waals surface area contributed by atoms with Crippen LogP contribution in [0.4, 0.5) is 0 Å². The highest BCUT2D eigenvalue weighted by molar-refractivity contribution is 6.31. The highest BCUT2D eigenvalue weighted by atomic mass is 35.5. The normalized spacial score (nSPS) is 11.8. The summed E-state index contributed by atoms with van der Waals surface area (Å²) in [6.07, 6.45) is 1.72. The number of aromatic nitrogens is 1. The molecule has 3 aromatic rings. The number of amides is 1. The van der Waals surface area contributed by atoms with Gasteiger partial charge >= 0.3 is 5.97 Å². The number of nitrogens with zero attached hydrogens (tertiary/aromatic N) is 1. The predicted molar refractivity (Wildman–Crippen MR) is 100 cm³/mol. The number of benzene rings is 2. The Balaban J connectivity index is 1.82. The lowest BCUT2D eigenvalue weighted by Gasteiger charge is -2.17. The number of rotatable bonds is 5. The van der Waals surface area contributed by atoms with Crippen LogP contribution in [-0.2, 0) is 16.0 Å². The number of pyridine rings is 1. The van der Waals surface area contributed by atoms with Gasteiger partial charge in [0, 0.05) is 23.0 Å². The van der Waals surface area contributed by atoms with Gasteiger partial charge in [0.25, 0.3) is 5.91 Å². The minimum Gasteiger partial charge on any atom is -0.467 e. The summed E-state index contributed by atoms with van der Waals surface area (Å²) in [4.78, 5) is 29.0. The number of carbonyl (C=O) groups excluding carboxylic acids is 2. The Hall–Kier alpha value is -2.92. The second-order valence-corrected chi connectivity index (χ2v) is 6.17. The predicted octanol–water partition coefficient (Wildman–Crippen LogP) is 3.40. The Morgan fingerprint density at radius 3 is 2.65 bits per heavy atom. The molecular weight excluding hydrogens is 352 g/mol. The maximum absolute atomic E-state index is 12.6.